The second kappa shape index (κ2) is 105. The molecule has 2 aromatic rings. The summed E-state index contributed by atoms with van der Waals surface area (Å²) in [6.07, 6.45) is 145. The number of benzene rings is 2. The van der Waals surface area contributed by atoms with Gasteiger partial charge in [0.2, 0.25) is 11.4 Å². The van der Waals surface area contributed by atoms with E-state index in [9.17, 15) is 5.53 Å². The van der Waals surface area contributed by atoms with Gasteiger partial charge in [-0.15, -0.1) is 0 Å². The zero-order chi connectivity index (χ0) is 91.4. The average Bonchev–Trinajstić information content (AvgIpc) is 1.62. The number of allylic oxidation sites excluding steroid dienone is 4. The van der Waals surface area contributed by atoms with Gasteiger partial charge in [0.05, 0.1) is 5.57 Å². The average molecular weight is 1820 g/mol. The van der Waals surface area contributed by atoms with E-state index in [0.717, 1.165) is 61.9 Å². The fraction of sp³-hybridized carbons (Fsp3) is 0.840. The van der Waals surface area contributed by atoms with Crippen LogP contribution < -0.4 is 0 Å². The van der Waals surface area contributed by atoms with Crippen molar-refractivity contribution in [3.8, 4) is 0 Å². The van der Waals surface area contributed by atoms with Gasteiger partial charge in [-0.1, -0.05) is 625 Å². The van der Waals surface area contributed by atoms with Crippen LogP contribution in [0.1, 0.15) is 685 Å². The van der Waals surface area contributed by atoms with Crippen LogP contribution in [0.3, 0.4) is 0 Å². The molecule has 0 unspecified atom stereocenters. The van der Waals surface area contributed by atoms with Crippen molar-refractivity contribution in [3.05, 3.63) is 113 Å². The normalized spacial score (nSPS) is 12.1. The van der Waals surface area contributed by atoms with Crippen LogP contribution in [0.15, 0.2) is 60.2 Å². The van der Waals surface area contributed by atoms with Gasteiger partial charge in [0.15, 0.2) is 0 Å². The van der Waals surface area contributed by atoms with E-state index in [1.807, 2.05) is 0 Å². The van der Waals surface area contributed by atoms with Gasteiger partial charge in [0.1, 0.15) is 0 Å². The van der Waals surface area contributed by atoms with E-state index in [1.54, 1.807) is 4.70 Å². The van der Waals surface area contributed by atoms with Gasteiger partial charge in [-0.25, -0.2) is 4.70 Å². The predicted molar refractivity (Wildman–Crippen MR) is 580 cm³/mol. The van der Waals surface area contributed by atoms with E-state index in [1.165, 1.54) is 618 Å². The molecule has 1 heterocycles. The van der Waals surface area contributed by atoms with Gasteiger partial charge < -0.3 is 19.4 Å². The molecule has 1 aliphatic rings. The van der Waals surface area contributed by atoms with Crippen LogP contribution in [-0.2, 0) is 42.2 Å². The predicted octanol–water partition coefficient (Wildman–Crippen LogP) is 45.7. The second-order valence-electron chi connectivity index (χ2n) is 41.3. The fourth-order valence-corrected chi connectivity index (χ4v) is 19.8. The third-order valence-corrected chi connectivity index (χ3v) is 28.4. The minimum Gasteiger partial charge on any atom is -0.493 e. The van der Waals surface area contributed by atoms with Gasteiger partial charge in [-0.2, -0.15) is 12.8 Å². The molecule has 0 amide bonds. The van der Waals surface area contributed by atoms with Crippen molar-refractivity contribution in [2.24, 2.45) is 0 Å². The molecule has 750 valence electrons. The maximum atomic E-state index is 12.4. The molecule has 0 fully saturated rings. The Morgan fingerprint density at radius 1 is 0.211 bits per heavy atom. The quantitative estimate of drug-likeness (QED) is 0.0273. The standard InChI is InChI=1S/C67H112N2.2C29H59.Ni/c1-6-11-16-19-22-23-24-25-26-27-28-29-30-31-32-33-34-35-36-37-38-39-40-43-46-51-63-58-66(69(68)67(63)65-56-59(47-14-9-4)52-60(57-65)48-15-10-5)64-54-61(49-44-41-20-17-12-7-2)53-62(55-64)50-45-42-21-18-13-8-3;2*1-3-5-7-9-11-13-15-17-19-21-23-25-27-29-28-26-24-22-20-18-16-14-12-10-8-6-4-2;/h46,51-58H,6-45,47-50H2,1-5H3;2*1,3-29H2,2H3;/q;2*-1;+2. The Balaban J connectivity index is 0.00000225. The van der Waals surface area contributed by atoms with E-state index in [-0.39, 0.29) is 16.5 Å². The maximum Gasteiger partial charge on any atom is 2.00 e. The third-order valence-electron chi connectivity index (χ3n) is 28.4. The first-order valence-electron chi connectivity index (χ1n) is 59.3. The number of aryl methyl sites for hydroxylation is 4. The zero-order valence-corrected chi connectivity index (χ0v) is 89.6. The molecule has 0 saturated heterocycles. The molecule has 0 bridgehead atoms. The first-order valence-corrected chi connectivity index (χ1v) is 59.3. The Labute approximate surface area is 817 Å². The van der Waals surface area contributed by atoms with Gasteiger partial charge in [-0.05, 0) is 111 Å². The van der Waals surface area contributed by atoms with Crippen LogP contribution in [0.2, 0.25) is 0 Å². The molecule has 3 rings (SSSR count). The summed E-state index contributed by atoms with van der Waals surface area (Å²) in [5, 5.41) is 0. The van der Waals surface area contributed by atoms with E-state index >= 15 is 0 Å². The van der Waals surface area contributed by atoms with Crippen molar-refractivity contribution in [1.29, 1.82) is 0 Å². The fourth-order valence-electron chi connectivity index (χ4n) is 19.8. The molecule has 2 aromatic carbocycles. The Bertz CT molecular complexity index is 2450. The molecule has 3 heteroatoms. The third kappa shape index (κ3) is 84.3. The summed E-state index contributed by atoms with van der Waals surface area (Å²) >= 11 is 0. The number of hydrogen-bond acceptors (Lipinski definition) is 0. The van der Waals surface area contributed by atoms with Gasteiger partial charge in [0, 0.05) is 17.2 Å². The van der Waals surface area contributed by atoms with E-state index in [2.05, 4.69) is 117 Å². The van der Waals surface area contributed by atoms with Gasteiger partial charge in [-0.3, -0.25) is 0 Å². The maximum absolute atomic E-state index is 12.4. The molecular weight excluding hydrogens is 1590 g/mol. The van der Waals surface area contributed by atoms with Crippen LogP contribution in [0.4, 0.5) is 0 Å². The molecule has 0 aliphatic carbocycles. The molecule has 128 heavy (non-hydrogen) atoms. The molecule has 0 aromatic heterocycles. The van der Waals surface area contributed by atoms with Crippen molar-refractivity contribution >= 4 is 11.4 Å². The summed E-state index contributed by atoms with van der Waals surface area (Å²) in [6, 6.07) is 14.5. The molecule has 0 N–H and O–H groups in total. The number of rotatable bonds is 99. The summed E-state index contributed by atoms with van der Waals surface area (Å²) in [5.41, 5.74) is 23.5. The Morgan fingerprint density at radius 2 is 0.383 bits per heavy atom. The van der Waals surface area contributed by atoms with Crippen molar-refractivity contribution in [2.75, 3.05) is 0 Å². The molecule has 1 aliphatic heterocycles. The molecular formula is C125H230N2Ni. The summed E-state index contributed by atoms with van der Waals surface area (Å²) in [7, 11) is 0. The van der Waals surface area contributed by atoms with Crippen LogP contribution >= 0.6 is 0 Å². The van der Waals surface area contributed by atoms with Crippen molar-refractivity contribution in [2.45, 2.75) is 678 Å². The molecule has 0 spiro atoms. The summed E-state index contributed by atoms with van der Waals surface area (Å²) < 4.78 is 1.57. The topological polar surface area (TPSA) is 25.3 Å². The smallest absolute Gasteiger partial charge is 0.493 e. The molecule has 0 atom stereocenters. The van der Waals surface area contributed by atoms with Crippen LogP contribution in [0, 0.1) is 13.8 Å². The molecule has 2 nitrogen and oxygen atoms in total. The number of unbranched alkanes of at least 4 members (excludes halogenated alkanes) is 87. The van der Waals surface area contributed by atoms with Gasteiger partial charge in [0.25, 0.3) is 0 Å². The Hall–Kier alpha value is -2.25. The first-order chi connectivity index (χ1) is 62.9. The van der Waals surface area contributed by atoms with E-state index < -0.39 is 0 Å². The summed E-state index contributed by atoms with van der Waals surface area (Å²) in [6.45, 7) is 23.9. The van der Waals surface area contributed by atoms with Crippen LogP contribution in [0.25, 0.3) is 16.9 Å². The minimum atomic E-state index is 0. The van der Waals surface area contributed by atoms with Crippen molar-refractivity contribution in [3.63, 3.8) is 0 Å². The molecule has 0 radical (unpaired) electrons. The summed E-state index contributed by atoms with van der Waals surface area (Å²) in [4.78, 5) is 0. The monoisotopic (exact) mass is 1820 g/mol. The largest absolute Gasteiger partial charge is 2.00 e. The van der Waals surface area contributed by atoms with E-state index in [4.69, 9.17) is 0 Å². The summed E-state index contributed by atoms with van der Waals surface area (Å²) in [5.74, 6) is 0. The number of nitrogens with zero attached hydrogens (tertiary/aromatic N) is 2. The Kier molecular flexibility index (Phi) is 103. The van der Waals surface area contributed by atoms with Crippen LogP contribution in [0.5, 0.6) is 0 Å². The Morgan fingerprint density at radius 3 is 0.586 bits per heavy atom. The second-order valence-corrected chi connectivity index (χ2v) is 41.3. The zero-order valence-electron chi connectivity index (χ0n) is 88.6. The number of hydrogen-bond donors (Lipinski definition) is 0. The molecule has 0 saturated carbocycles. The van der Waals surface area contributed by atoms with Crippen LogP contribution in [-0.4, -0.2) is 4.70 Å². The SMILES string of the molecule is CCCCCCCCCCCCCCCCCCCCCCCCCC=CC1=C(c2cc(CCCC)cc(CCCC)c2)[N+](=[N-])C(c2cc(CCCCCCCC)cc(CCCCCCCC)c2)=C1.[CH2-]CCCCCCCCCCCCCCCCCCCCCCCCCCCC.[CH2-]CCCCCCCCCCCCCCCCCCCCCCCCCCCC.[Ni+2]. The van der Waals surface area contributed by atoms with E-state index in [0.29, 0.717) is 0 Å². The van der Waals surface area contributed by atoms with Crippen molar-refractivity contribution < 1.29 is 21.2 Å². The van der Waals surface area contributed by atoms with Gasteiger partial charge >= 0.3 is 16.5 Å². The minimum absolute atomic E-state index is 0. The van der Waals surface area contributed by atoms with Crippen molar-refractivity contribution in [1.82, 2.24) is 0 Å². The first kappa shape index (κ1) is 126.